The van der Waals surface area contributed by atoms with Crippen LogP contribution in [0.2, 0.25) is 0 Å². The number of nitrogens with one attached hydrogen (secondary N) is 2. The van der Waals surface area contributed by atoms with E-state index in [4.69, 9.17) is 10.5 Å². The number of rotatable bonds is 7. The van der Waals surface area contributed by atoms with E-state index in [9.17, 15) is 14.7 Å². The molecule has 0 spiro atoms. The lowest BCUT2D eigenvalue weighted by molar-refractivity contribution is -0.128. The number of amidine groups is 1. The first-order valence-corrected chi connectivity index (χ1v) is 11.8. The van der Waals surface area contributed by atoms with Gasteiger partial charge in [-0.15, -0.1) is 0 Å². The SMILES string of the molecule is COc1cc(C2CC(C(=O)NC3CCC(C(=O)NC(C)(C)CO)CC3)=C3C(N)=NC=NN32)ccn1. The summed E-state index contributed by atoms with van der Waals surface area (Å²) in [6.45, 7) is 3.45. The molecule has 0 aromatic carbocycles. The van der Waals surface area contributed by atoms with Gasteiger partial charge in [-0.25, -0.2) is 9.98 Å². The molecular weight excluding hydrogens is 450 g/mol. The van der Waals surface area contributed by atoms with E-state index < -0.39 is 5.54 Å². The van der Waals surface area contributed by atoms with E-state index in [0.29, 0.717) is 49.3 Å². The van der Waals surface area contributed by atoms with E-state index in [1.54, 1.807) is 32.2 Å². The molecule has 1 aliphatic carbocycles. The molecule has 5 N–H and O–H groups in total. The summed E-state index contributed by atoms with van der Waals surface area (Å²) in [5.74, 6) is 0.357. The van der Waals surface area contributed by atoms with Gasteiger partial charge in [-0.3, -0.25) is 14.6 Å². The van der Waals surface area contributed by atoms with Gasteiger partial charge >= 0.3 is 0 Å². The molecule has 0 saturated heterocycles. The van der Waals surface area contributed by atoms with E-state index in [1.807, 2.05) is 12.1 Å². The lowest BCUT2D eigenvalue weighted by Gasteiger charge is -2.31. The largest absolute Gasteiger partial charge is 0.481 e. The number of hydrogen-bond acceptors (Lipinski definition) is 9. The maximum atomic E-state index is 13.4. The van der Waals surface area contributed by atoms with Crippen molar-refractivity contribution >= 4 is 24.0 Å². The fourth-order valence-electron chi connectivity index (χ4n) is 4.74. The Bertz CT molecular complexity index is 1070. The highest BCUT2D eigenvalue weighted by atomic mass is 16.5. The van der Waals surface area contributed by atoms with E-state index in [2.05, 4.69) is 25.7 Å². The van der Waals surface area contributed by atoms with Crippen molar-refractivity contribution in [1.82, 2.24) is 20.6 Å². The van der Waals surface area contributed by atoms with Gasteiger partial charge in [0.2, 0.25) is 17.7 Å². The van der Waals surface area contributed by atoms with Crippen LogP contribution in [0.5, 0.6) is 5.88 Å². The number of aliphatic hydroxyl groups excluding tert-OH is 1. The zero-order chi connectivity index (χ0) is 25.2. The van der Waals surface area contributed by atoms with Gasteiger partial charge in [0, 0.05) is 36.2 Å². The summed E-state index contributed by atoms with van der Waals surface area (Å²) < 4.78 is 5.25. The summed E-state index contributed by atoms with van der Waals surface area (Å²) in [6.07, 6.45) is 6.19. The van der Waals surface area contributed by atoms with E-state index in [0.717, 1.165) is 5.56 Å². The topological polar surface area (TPSA) is 155 Å². The van der Waals surface area contributed by atoms with Gasteiger partial charge in [-0.2, -0.15) is 5.10 Å². The number of aliphatic hydroxyl groups is 1. The average Bonchev–Trinajstić information content (AvgIpc) is 3.25. The molecule has 1 unspecified atom stereocenters. The third-order valence-corrected chi connectivity index (χ3v) is 6.74. The second-order valence-corrected chi connectivity index (χ2v) is 9.82. The zero-order valence-corrected chi connectivity index (χ0v) is 20.3. The Hall–Kier alpha value is -3.47. The van der Waals surface area contributed by atoms with Crippen molar-refractivity contribution in [3.8, 4) is 5.88 Å². The number of carbonyl (C=O) groups is 2. The van der Waals surface area contributed by atoms with Crippen molar-refractivity contribution in [2.45, 2.75) is 63.6 Å². The first-order chi connectivity index (χ1) is 16.7. The van der Waals surface area contributed by atoms with Gasteiger partial charge in [-0.1, -0.05) is 0 Å². The zero-order valence-electron chi connectivity index (χ0n) is 20.3. The van der Waals surface area contributed by atoms with E-state index in [-0.39, 0.29) is 42.3 Å². The maximum absolute atomic E-state index is 13.4. The highest BCUT2D eigenvalue weighted by Gasteiger charge is 2.40. The number of pyridine rings is 1. The number of fused-ring (bicyclic) bond motifs is 1. The fourth-order valence-corrected chi connectivity index (χ4v) is 4.74. The van der Waals surface area contributed by atoms with Gasteiger partial charge in [-0.05, 0) is 51.2 Å². The molecular formula is C24H33N7O4. The second-order valence-electron chi connectivity index (χ2n) is 9.82. The second kappa shape index (κ2) is 10.0. The molecule has 11 heteroatoms. The highest BCUT2D eigenvalue weighted by Crippen LogP contribution is 2.41. The summed E-state index contributed by atoms with van der Waals surface area (Å²) in [5.41, 5.74) is 7.48. The number of hydrazone groups is 1. The maximum Gasteiger partial charge on any atom is 0.249 e. The number of nitrogens with two attached hydrogens (primary N) is 1. The van der Waals surface area contributed by atoms with Crippen molar-refractivity contribution < 1.29 is 19.4 Å². The lowest BCUT2D eigenvalue weighted by atomic mass is 9.84. The molecule has 1 aromatic heterocycles. The molecule has 3 heterocycles. The number of hydrogen-bond donors (Lipinski definition) is 4. The summed E-state index contributed by atoms with van der Waals surface area (Å²) in [5, 5.41) is 21.5. The minimum atomic E-state index is -0.649. The first kappa shape index (κ1) is 24.6. The summed E-state index contributed by atoms with van der Waals surface area (Å²) in [7, 11) is 1.55. The van der Waals surface area contributed by atoms with Crippen LogP contribution in [0.4, 0.5) is 0 Å². The molecule has 2 aliphatic heterocycles. The molecule has 1 aromatic rings. The van der Waals surface area contributed by atoms with Crippen LogP contribution < -0.4 is 21.1 Å². The van der Waals surface area contributed by atoms with Crippen LogP contribution in [-0.4, -0.2) is 64.4 Å². The summed E-state index contributed by atoms with van der Waals surface area (Å²) in [4.78, 5) is 34.2. The summed E-state index contributed by atoms with van der Waals surface area (Å²) >= 11 is 0. The molecule has 3 aliphatic rings. The number of aliphatic imine (C=N–C) groups is 1. The first-order valence-electron chi connectivity index (χ1n) is 11.8. The third kappa shape index (κ3) is 5.29. The van der Waals surface area contributed by atoms with Crippen LogP contribution in [0, 0.1) is 5.92 Å². The minimum absolute atomic E-state index is 0.0377. The average molecular weight is 484 g/mol. The number of aromatic nitrogens is 1. The third-order valence-electron chi connectivity index (χ3n) is 6.74. The Morgan fingerprint density at radius 1 is 1.29 bits per heavy atom. The number of nitrogens with zero attached hydrogens (tertiary/aromatic N) is 4. The van der Waals surface area contributed by atoms with Crippen LogP contribution in [0.25, 0.3) is 0 Å². The molecule has 1 atom stereocenters. The molecule has 35 heavy (non-hydrogen) atoms. The molecule has 188 valence electrons. The minimum Gasteiger partial charge on any atom is -0.481 e. The predicted molar refractivity (Wildman–Crippen MR) is 130 cm³/mol. The number of amides is 2. The molecule has 1 saturated carbocycles. The van der Waals surface area contributed by atoms with E-state index >= 15 is 0 Å². The lowest BCUT2D eigenvalue weighted by Crippen LogP contribution is -2.50. The predicted octanol–water partition coefficient (Wildman–Crippen LogP) is 0.967. The molecule has 11 nitrogen and oxygen atoms in total. The van der Waals surface area contributed by atoms with Gasteiger partial charge in [0.15, 0.2) is 5.84 Å². The normalized spacial score (nSPS) is 24.1. The Labute approximate surface area is 204 Å². The van der Waals surface area contributed by atoms with Gasteiger partial charge in [0.05, 0.1) is 25.3 Å². The molecule has 2 amide bonds. The van der Waals surface area contributed by atoms with Crippen LogP contribution in [-0.2, 0) is 9.59 Å². The Morgan fingerprint density at radius 3 is 2.71 bits per heavy atom. The van der Waals surface area contributed by atoms with Gasteiger partial charge in [0.25, 0.3) is 0 Å². The standard InChI is InChI=1S/C24H33N7O4/c1-24(2,12-32)30-22(33)14-4-6-16(7-5-14)29-23(34)17-11-18(15-8-9-26-19(10-15)35-3)31-20(17)21(25)27-13-28-31/h8-10,13-14,16,18,32H,4-7,11-12H2,1-3H3,(H,29,34)(H,30,33)(H2,25,27,28). The van der Waals surface area contributed by atoms with Crippen molar-refractivity contribution in [2.75, 3.05) is 13.7 Å². The van der Waals surface area contributed by atoms with Crippen molar-refractivity contribution in [3.05, 3.63) is 35.2 Å². The molecule has 4 rings (SSSR count). The fraction of sp³-hybridized carbons (Fsp3) is 0.542. The Morgan fingerprint density at radius 2 is 2.03 bits per heavy atom. The van der Waals surface area contributed by atoms with Crippen LogP contribution >= 0.6 is 0 Å². The highest BCUT2D eigenvalue weighted by molar-refractivity contribution is 6.09. The molecule has 1 fully saturated rings. The van der Waals surface area contributed by atoms with Crippen molar-refractivity contribution in [1.29, 1.82) is 0 Å². The molecule has 0 bridgehead atoms. The van der Waals surface area contributed by atoms with Crippen LogP contribution in [0.1, 0.15) is 57.6 Å². The quantitative estimate of drug-likeness (QED) is 0.450. The smallest absolute Gasteiger partial charge is 0.249 e. The Balaban J connectivity index is 1.42. The van der Waals surface area contributed by atoms with Gasteiger partial charge < -0.3 is 26.2 Å². The molecule has 0 radical (unpaired) electrons. The van der Waals surface area contributed by atoms with Crippen molar-refractivity contribution in [3.63, 3.8) is 0 Å². The monoisotopic (exact) mass is 483 g/mol. The van der Waals surface area contributed by atoms with Crippen molar-refractivity contribution in [2.24, 2.45) is 21.7 Å². The summed E-state index contributed by atoms with van der Waals surface area (Å²) in [6, 6.07) is 3.42. The Kier molecular flexibility index (Phi) is 7.06. The number of carbonyl (C=O) groups excluding carboxylic acids is 2. The van der Waals surface area contributed by atoms with E-state index in [1.165, 1.54) is 6.34 Å². The van der Waals surface area contributed by atoms with Crippen LogP contribution in [0.15, 0.2) is 39.7 Å². The number of methoxy groups -OCH3 is 1. The van der Waals surface area contributed by atoms with Gasteiger partial charge in [0.1, 0.15) is 12.0 Å². The van der Waals surface area contributed by atoms with Crippen LogP contribution in [0.3, 0.4) is 0 Å². The number of ether oxygens (including phenoxy) is 1.